The molecule has 4 nitrogen and oxygen atoms in total. The second kappa shape index (κ2) is 11.9. The van der Waals surface area contributed by atoms with Gasteiger partial charge < -0.3 is 14.3 Å². The Kier molecular flexibility index (Phi) is 8.66. The van der Waals surface area contributed by atoms with Gasteiger partial charge in [0.25, 0.3) is 8.32 Å². The summed E-state index contributed by atoms with van der Waals surface area (Å²) < 4.78 is 13.7. The Morgan fingerprint density at radius 1 is 0.919 bits per heavy atom. The van der Waals surface area contributed by atoms with Gasteiger partial charge in [-0.05, 0) is 39.7 Å². The molecule has 0 amide bonds. The Bertz CT molecular complexity index is 1160. The van der Waals surface area contributed by atoms with Crippen molar-refractivity contribution in [1.29, 1.82) is 5.26 Å². The van der Waals surface area contributed by atoms with Crippen molar-refractivity contribution in [2.45, 2.75) is 51.4 Å². The Morgan fingerprint density at radius 2 is 1.46 bits per heavy atom. The highest BCUT2D eigenvalue weighted by Crippen LogP contribution is 2.44. The molecule has 3 atom stereocenters. The van der Waals surface area contributed by atoms with Crippen molar-refractivity contribution < 1.29 is 14.3 Å². The lowest BCUT2D eigenvalue weighted by Gasteiger charge is -2.45. The first-order chi connectivity index (χ1) is 17.9. The van der Waals surface area contributed by atoms with Crippen LogP contribution in [0.5, 0.6) is 0 Å². The molecule has 1 unspecified atom stereocenters. The van der Waals surface area contributed by atoms with E-state index in [9.17, 15) is 10.4 Å². The lowest BCUT2D eigenvalue weighted by atomic mass is 9.98. The first kappa shape index (κ1) is 26.9. The summed E-state index contributed by atoms with van der Waals surface area (Å²) in [4.78, 5) is 0. The summed E-state index contributed by atoms with van der Waals surface area (Å²) in [5, 5.41) is 21.7. The van der Waals surface area contributed by atoms with Crippen LogP contribution in [0.25, 0.3) is 0 Å². The summed E-state index contributed by atoms with van der Waals surface area (Å²) in [6.07, 6.45) is 2.30. The van der Waals surface area contributed by atoms with Crippen LogP contribution in [-0.4, -0.2) is 26.1 Å². The largest absolute Gasteiger partial charge is 0.515 e. The van der Waals surface area contributed by atoms with Crippen molar-refractivity contribution in [3.8, 4) is 6.07 Å². The minimum Gasteiger partial charge on any atom is -0.515 e. The van der Waals surface area contributed by atoms with E-state index in [4.69, 9.17) is 9.16 Å². The maximum Gasteiger partial charge on any atom is 0.261 e. The van der Waals surface area contributed by atoms with Crippen molar-refractivity contribution in [2.75, 3.05) is 6.61 Å². The SMILES string of the molecule is CC(C)(C)[Si](O[C@@H]1CC(C(C#N)=CO)C[C@H]1COCc1ccccc1)(c1ccccc1)c1ccccc1. The van der Waals surface area contributed by atoms with Gasteiger partial charge in [0.15, 0.2) is 0 Å². The van der Waals surface area contributed by atoms with Gasteiger partial charge in [0.2, 0.25) is 0 Å². The molecule has 0 saturated heterocycles. The van der Waals surface area contributed by atoms with Gasteiger partial charge in [-0.25, -0.2) is 0 Å². The third kappa shape index (κ3) is 5.88. The van der Waals surface area contributed by atoms with Gasteiger partial charge in [-0.2, -0.15) is 5.26 Å². The van der Waals surface area contributed by atoms with Gasteiger partial charge in [0.1, 0.15) is 0 Å². The van der Waals surface area contributed by atoms with E-state index in [1.165, 1.54) is 10.4 Å². The summed E-state index contributed by atoms with van der Waals surface area (Å²) in [5.74, 6) is 0.0576. The molecule has 1 fully saturated rings. The van der Waals surface area contributed by atoms with Crippen LogP contribution in [0.3, 0.4) is 0 Å². The van der Waals surface area contributed by atoms with E-state index in [0.29, 0.717) is 25.2 Å². The number of hydrogen-bond donors (Lipinski definition) is 1. The fraction of sp³-hybridized carbons (Fsp3) is 0.344. The number of ether oxygens (including phenoxy) is 1. The third-order valence-electron chi connectivity index (χ3n) is 7.53. The van der Waals surface area contributed by atoms with Gasteiger partial charge in [0.05, 0.1) is 37.2 Å². The van der Waals surface area contributed by atoms with E-state index in [2.05, 4.69) is 87.5 Å². The molecule has 0 heterocycles. The van der Waals surface area contributed by atoms with Crippen LogP contribution >= 0.6 is 0 Å². The zero-order valence-electron chi connectivity index (χ0n) is 22.0. The number of hydrogen-bond acceptors (Lipinski definition) is 4. The maximum atomic E-state index is 9.75. The van der Waals surface area contributed by atoms with Gasteiger partial charge in [-0.3, -0.25) is 0 Å². The lowest BCUT2D eigenvalue weighted by Crippen LogP contribution is -2.68. The fourth-order valence-corrected chi connectivity index (χ4v) is 10.5. The second-order valence-corrected chi connectivity index (χ2v) is 15.2. The molecule has 0 aliphatic heterocycles. The maximum absolute atomic E-state index is 9.75. The number of aliphatic hydroxyl groups excluding tert-OH is 1. The van der Waals surface area contributed by atoms with E-state index >= 15 is 0 Å². The molecule has 37 heavy (non-hydrogen) atoms. The van der Waals surface area contributed by atoms with E-state index in [1.807, 2.05) is 30.3 Å². The highest BCUT2D eigenvalue weighted by atomic mass is 28.4. The number of nitrogens with zero attached hydrogens (tertiary/aromatic N) is 1. The van der Waals surface area contributed by atoms with Crippen molar-refractivity contribution in [2.24, 2.45) is 11.8 Å². The highest BCUT2D eigenvalue weighted by Gasteiger charge is 2.53. The van der Waals surface area contributed by atoms with Crippen LogP contribution in [0.2, 0.25) is 5.04 Å². The van der Waals surface area contributed by atoms with Crippen LogP contribution in [0, 0.1) is 23.2 Å². The number of rotatable bonds is 9. The molecular formula is C32H37NO3Si. The number of nitriles is 1. The quantitative estimate of drug-likeness (QED) is 0.213. The third-order valence-corrected chi connectivity index (χ3v) is 12.6. The van der Waals surface area contributed by atoms with Gasteiger partial charge in [0, 0.05) is 5.92 Å². The van der Waals surface area contributed by atoms with Gasteiger partial charge >= 0.3 is 0 Å². The molecule has 0 radical (unpaired) electrons. The average molecular weight is 512 g/mol. The van der Waals surface area contributed by atoms with Crippen LogP contribution in [-0.2, 0) is 15.8 Å². The monoisotopic (exact) mass is 511 g/mol. The van der Waals surface area contributed by atoms with Crippen LogP contribution in [0.4, 0.5) is 0 Å². The Labute approximate surface area is 222 Å². The number of aliphatic hydroxyl groups is 1. The van der Waals surface area contributed by atoms with Gasteiger partial charge in [-0.15, -0.1) is 0 Å². The molecule has 1 aliphatic carbocycles. The zero-order valence-corrected chi connectivity index (χ0v) is 23.0. The smallest absolute Gasteiger partial charge is 0.261 e. The summed E-state index contributed by atoms with van der Waals surface area (Å²) in [6.45, 7) is 7.91. The molecule has 0 bridgehead atoms. The molecule has 1 saturated carbocycles. The van der Waals surface area contributed by atoms with Crippen molar-refractivity contribution in [3.05, 3.63) is 108 Å². The van der Waals surface area contributed by atoms with Crippen LogP contribution in [0.1, 0.15) is 39.2 Å². The first-order valence-corrected chi connectivity index (χ1v) is 14.9. The predicted octanol–water partition coefficient (Wildman–Crippen LogP) is 6.14. The van der Waals surface area contributed by atoms with Crippen molar-refractivity contribution >= 4 is 18.7 Å². The van der Waals surface area contributed by atoms with Crippen LogP contribution < -0.4 is 10.4 Å². The zero-order chi connectivity index (χ0) is 26.3. The number of benzene rings is 3. The van der Waals surface area contributed by atoms with Crippen molar-refractivity contribution in [1.82, 2.24) is 0 Å². The Hall–Kier alpha value is -3.17. The average Bonchev–Trinajstić information content (AvgIpc) is 3.31. The van der Waals surface area contributed by atoms with Crippen molar-refractivity contribution in [3.63, 3.8) is 0 Å². The molecule has 0 aromatic heterocycles. The van der Waals surface area contributed by atoms with E-state index < -0.39 is 8.32 Å². The molecule has 1 N–H and O–H groups in total. The number of allylic oxidation sites excluding steroid dienone is 1. The molecule has 1 aliphatic rings. The fourth-order valence-electron chi connectivity index (χ4n) is 5.71. The second-order valence-electron chi connectivity index (χ2n) is 10.9. The summed E-state index contributed by atoms with van der Waals surface area (Å²) in [7, 11) is -2.76. The minimum absolute atomic E-state index is 0.0523. The molecule has 0 spiro atoms. The Balaban J connectivity index is 1.70. The first-order valence-electron chi connectivity index (χ1n) is 13.0. The summed E-state index contributed by atoms with van der Waals surface area (Å²) in [5.41, 5.74) is 1.55. The normalized spacial score (nSPS) is 20.5. The molecule has 192 valence electrons. The topological polar surface area (TPSA) is 62.5 Å². The molecule has 4 rings (SSSR count). The highest BCUT2D eigenvalue weighted by molar-refractivity contribution is 6.99. The molecular weight excluding hydrogens is 474 g/mol. The van der Waals surface area contributed by atoms with E-state index in [-0.39, 0.29) is 23.0 Å². The minimum atomic E-state index is -2.76. The standard InChI is InChI=1S/C32H37NO3Si/c1-32(2,3)37(29-15-9-5-10-16-29,30-17-11-6-12-18-30)36-31-20-26(28(21-33)22-34)19-27(31)24-35-23-25-13-7-4-8-14-25/h4-18,22,26-27,31,34H,19-20,23-24H2,1-3H3/t26?,27-,31+/m0/s1. The van der Waals surface area contributed by atoms with E-state index in [0.717, 1.165) is 18.2 Å². The van der Waals surface area contributed by atoms with Crippen LogP contribution in [0.15, 0.2) is 103 Å². The van der Waals surface area contributed by atoms with E-state index in [1.54, 1.807) is 0 Å². The predicted molar refractivity (Wildman–Crippen MR) is 151 cm³/mol. The molecule has 3 aromatic carbocycles. The molecule has 5 heteroatoms. The Morgan fingerprint density at radius 3 is 1.95 bits per heavy atom. The van der Waals surface area contributed by atoms with Gasteiger partial charge in [-0.1, -0.05) is 112 Å². The molecule has 3 aromatic rings. The summed E-state index contributed by atoms with van der Waals surface area (Å²) >= 11 is 0. The summed E-state index contributed by atoms with van der Waals surface area (Å²) in [6, 6.07) is 33.6. The lowest BCUT2D eigenvalue weighted by molar-refractivity contribution is 0.0427.